The summed E-state index contributed by atoms with van der Waals surface area (Å²) in [5.74, 6) is -0.490. The molecule has 0 bridgehead atoms. The van der Waals surface area contributed by atoms with Crippen LogP contribution in [0.5, 0.6) is 34.5 Å². The van der Waals surface area contributed by atoms with Gasteiger partial charge in [0.15, 0.2) is 93.3 Å². The summed E-state index contributed by atoms with van der Waals surface area (Å²) in [5, 5.41) is 57.2. The van der Waals surface area contributed by atoms with E-state index in [0.717, 1.165) is 67.9 Å². The second-order valence-electron chi connectivity index (χ2n) is 22.1. The molecule has 2 aliphatic rings. The van der Waals surface area contributed by atoms with Gasteiger partial charge in [0.25, 0.3) is 5.91 Å². The van der Waals surface area contributed by atoms with Gasteiger partial charge in [-0.25, -0.2) is 50.5 Å². The number of fused-ring (bicyclic) bond motifs is 2. The number of rotatable bonds is 9. The van der Waals surface area contributed by atoms with E-state index in [1.165, 1.54) is 65.6 Å². The number of phenolic OH excluding ortho intramolecular Hbond substituents is 4. The maximum atomic E-state index is 12.1. The summed E-state index contributed by atoms with van der Waals surface area (Å²) in [6.45, 7) is 10.3. The number of nitro groups is 2. The number of likely N-dealkylation sites (N-methyl/N-ethyl adjacent to an activating group) is 1. The van der Waals surface area contributed by atoms with Gasteiger partial charge in [-0.05, 0) is 205 Å². The monoisotopic (exact) mass is 2060 g/mol. The Balaban J connectivity index is 0.00000117. The fourth-order valence-corrected chi connectivity index (χ4v) is 13.6. The number of anilines is 2. The number of hydrogen-bond donors (Lipinski definition) is 6. The number of Topliss-reactive ketones (excluding diaryl/α,β-unsaturated/α-hetero) is 1. The van der Waals surface area contributed by atoms with E-state index < -0.39 is 107 Å². The molecule has 6 N–H and O–H groups in total. The van der Waals surface area contributed by atoms with Gasteiger partial charge in [-0.1, -0.05) is 38.5 Å². The molecule has 45 heteroatoms. The van der Waals surface area contributed by atoms with Crippen LogP contribution in [0.25, 0.3) is 0 Å². The SMILES string of the molecule is CC(C)(Br)C(=O)Br.CC1(C)Oc2c(Br)cc(S(C)(=O)=O)cc2CC1=O.CI.CN1C(=O)C(C)(C)Oc2c(Br)cc(S(C)(=O)=O)cc21.CS(=O)(=O)c1cc(Br)c(O)c([N+](=O)[O-])c1.CS(=O)(=O)c1cc(N)c(O)c(Br)c1.CS(=O)(=O)c1ccc(O)c([N+](=O)[O-])c1.CS(=O)(=O)c1ccc(O)cc1.[B]=NS. The third-order valence-electron chi connectivity index (χ3n) is 12.3. The number of halogens is 7. The molecule has 30 nitrogen and oxygen atoms in total. The van der Waals surface area contributed by atoms with Gasteiger partial charge in [0.1, 0.15) is 11.5 Å². The molecular formula is C57H66BBr6IN5O25S7. The fourth-order valence-electron chi connectivity index (χ4n) is 7.01. The number of amides is 1. The van der Waals surface area contributed by atoms with Crippen LogP contribution in [-0.2, 0) is 79.8 Å². The average molecular weight is 2060 g/mol. The number of nitrogens with two attached hydrogens (primary N) is 1. The first kappa shape index (κ1) is 97.1. The van der Waals surface area contributed by atoms with Crippen LogP contribution in [-0.4, -0.2) is 170 Å². The van der Waals surface area contributed by atoms with Crippen molar-refractivity contribution in [2.75, 3.05) is 60.1 Å². The molecule has 0 aliphatic carbocycles. The molecular weight excluding hydrogens is 2000 g/mol. The quantitative estimate of drug-likeness (QED) is 0.00901. The van der Waals surface area contributed by atoms with Gasteiger partial charge in [0, 0.05) is 68.7 Å². The Kier molecular flexibility index (Phi) is 37.2. The van der Waals surface area contributed by atoms with Gasteiger partial charge in [-0.15, -0.1) is 0 Å². The number of alkyl halides is 2. The third kappa shape index (κ3) is 30.5. The van der Waals surface area contributed by atoms with Crippen LogP contribution < -0.4 is 20.1 Å². The molecule has 2 heterocycles. The first-order valence-electron chi connectivity index (χ1n) is 27.0. The Hall–Kier alpha value is -4.95. The Bertz CT molecular complexity index is 4860. The number of sulfone groups is 6. The summed E-state index contributed by atoms with van der Waals surface area (Å²) in [4.78, 5) is 57.0. The molecule has 102 heavy (non-hydrogen) atoms. The van der Waals surface area contributed by atoms with Crippen molar-refractivity contribution < 1.29 is 105 Å². The topological polar surface area (TPSA) is 483 Å². The van der Waals surface area contributed by atoms with Gasteiger partial charge >= 0.3 is 36.1 Å². The first-order valence-corrected chi connectivity index (χ1v) is 45.6. The summed E-state index contributed by atoms with van der Waals surface area (Å²) in [6.07, 6.45) is 6.50. The number of aromatic hydroxyl groups is 4. The Morgan fingerprint density at radius 1 is 0.588 bits per heavy atom. The van der Waals surface area contributed by atoms with Crippen molar-refractivity contribution in [3.05, 3.63) is 135 Å². The van der Waals surface area contributed by atoms with Crippen molar-refractivity contribution >= 4 is 237 Å². The average Bonchev–Trinajstić information content (AvgIpc) is 0.761. The summed E-state index contributed by atoms with van der Waals surface area (Å²) in [5.41, 5.74) is 3.35. The molecule has 563 valence electrons. The van der Waals surface area contributed by atoms with Crippen LogP contribution in [0.2, 0.25) is 0 Å². The predicted octanol–water partition coefficient (Wildman–Crippen LogP) is 11.5. The fraction of sp³-hybridized carbons (Fsp3) is 0.316. The molecule has 0 aromatic heterocycles. The first-order chi connectivity index (χ1) is 45.9. The van der Waals surface area contributed by atoms with Gasteiger partial charge < -0.3 is 40.5 Å². The number of nitro benzene ring substituents is 2. The predicted molar refractivity (Wildman–Crippen MR) is 418 cm³/mol. The molecule has 0 fully saturated rings. The molecule has 0 unspecified atom stereocenters. The molecule has 0 saturated carbocycles. The van der Waals surface area contributed by atoms with E-state index in [4.69, 9.17) is 25.4 Å². The van der Waals surface area contributed by atoms with E-state index >= 15 is 0 Å². The van der Waals surface area contributed by atoms with Crippen molar-refractivity contribution in [3.8, 4) is 34.5 Å². The zero-order valence-electron chi connectivity index (χ0n) is 55.7. The van der Waals surface area contributed by atoms with Crippen molar-refractivity contribution in [1.82, 2.24) is 0 Å². The number of ketones is 1. The van der Waals surface area contributed by atoms with Crippen molar-refractivity contribution in [1.29, 1.82) is 0 Å². The van der Waals surface area contributed by atoms with Crippen LogP contribution in [0.1, 0.15) is 47.1 Å². The van der Waals surface area contributed by atoms with Gasteiger partial charge in [0.2, 0.25) is 10.4 Å². The molecule has 0 atom stereocenters. The number of ether oxygens (including phenoxy) is 2. The van der Waals surface area contributed by atoms with Crippen molar-refractivity contribution in [2.45, 2.75) is 92.9 Å². The Morgan fingerprint density at radius 3 is 1.30 bits per heavy atom. The Morgan fingerprint density at radius 2 is 0.922 bits per heavy atom. The number of phenols is 4. The molecule has 2 aliphatic heterocycles. The molecule has 0 spiro atoms. The number of benzene rings is 6. The van der Waals surface area contributed by atoms with Crippen LogP contribution in [0.4, 0.5) is 22.7 Å². The van der Waals surface area contributed by atoms with Crippen molar-refractivity contribution in [3.63, 3.8) is 0 Å². The summed E-state index contributed by atoms with van der Waals surface area (Å²) in [6, 6.07) is 18.7. The van der Waals surface area contributed by atoms with Gasteiger partial charge in [0.05, 0.1) is 72.8 Å². The normalized spacial score (nSPS) is 13.4. The maximum absolute atomic E-state index is 12.1. The van der Waals surface area contributed by atoms with E-state index in [-0.39, 0.29) is 78.3 Å². The van der Waals surface area contributed by atoms with E-state index in [1.807, 2.05) is 4.93 Å². The molecule has 0 saturated heterocycles. The van der Waals surface area contributed by atoms with Crippen molar-refractivity contribution in [2.24, 2.45) is 4.30 Å². The Labute approximate surface area is 660 Å². The summed E-state index contributed by atoms with van der Waals surface area (Å²) in [7, 11) is -14.2. The minimum absolute atomic E-state index is 0.0278. The molecule has 1 radical (unpaired) electrons. The summed E-state index contributed by atoms with van der Waals surface area (Å²) >= 11 is 23.7. The number of carbonyl (C=O) groups excluding carboxylic acids is 3. The number of carbonyl (C=O) groups is 3. The van der Waals surface area contributed by atoms with Crippen LogP contribution in [0, 0.1) is 20.2 Å². The zero-order valence-corrected chi connectivity index (χ0v) is 73.2. The third-order valence-corrected chi connectivity index (χ3v) is 23.2. The standard InChI is InChI=1S/C12H14BrNO4S.C12H13BrO4S.C7H6BrNO5S.C7H8BrNO3S.C7H7NO5S.C7H8O3S.C4H6Br2O.CH3I.BHNS/c1-12(2)11(15)14(3)9-6-7(19(4,16)17)5-8(13)10(9)18-12;1-12(2)10(14)5-7-4-8(18(3,15)16)6-9(13)11(7)17-12;1-15(13,14)4-2-5(8)7(10)6(3-4)9(11)12;1-13(11,12)4-2-5(8)7(10)6(9)3-4;1-14(12,13)5-2-3-7(9)6(4-5)8(10)11;1-11(9,10)7-4-2-6(8)3-5-7;1-4(2,6)3(5)7;1-2;1-2-3/h5-6H,1-4H3;4,6H,5H2,1-3H3;2-3,10H,1H3;2-3,10H,9H2,1H3;2-4,9H,1H3;2-5,8H,1H3;1-2H3;1H3;3H. The van der Waals surface area contributed by atoms with Gasteiger partial charge in [-0.3, -0.25) is 34.6 Å². The van der Waals surface area contributed by atoms with E-state index in [2.05, 4.69) is 143 Å². The molecule has 1 amide bonds. The molecule has 6 aromatic carbocycles. The van der Waals surface area contributed by atoms with E-state index in [1.54, 1.807) is 48.6 Å². The number of thiol groups is 1. The number of hydrogen-bond acceptors (Lipinski definition) is 28. The van der Waals surface area contributed by atoms with Crippen LogP contribution >= 0.6 is 131 Å². The van der Waals surface area contributed by atoms with E-state index in [0.29, 0.717) is 31.7 Å². The molecule has 6 aromatic rings. The second-order valence-corrected chi connectivity index (χ2v) is 40.6. The van der Waals surface area contributed by atoms with Crippen LogP contribution in [0.3, 0.4) is 0 Å². The van der Waals surface area contributed by atoms with Crippen LogP contribution in [0.15, 0.2) is 143 Å². The van der Waals surface area contributed by atoms with Gasteiger partial charge in [-0.2, -0.15) is 0 Å². The number of nitrogen functional groups attached to an aromatic ring is 1. The second kappa shape index (κ2) is 39.1. The zero-order chi connectivity index (χ0) is 80.5. The minimum atomic E-state index is -3.54. The van der Waals surface area contributed by atoms with E-state index in [9.17, 15) is 95.3 Å². The summed E-state index contributed by atoms with van der Waals surface area (Å²) < 4.78 is 149. The number of nitrogens with zero attached hydrogens (tertiary/aromatic N) is 4. The molecule has 8 rings (SSSR count).